The molecule has 6 unspecified atom stereocenters. The first-order valence-electron chi connectivity index (χ1n) is 13.6. The van der Waals surface area contributed by atoms with Crippen molar-refractivity contribution in [2.75, 3.05) is 11.9 Å². The molecule has 12 heteroatoms. The molecule has 3 aromatic rings. The van der Waals surface area contributed by atoms with Crippen LogP contribution in [0, 0.1) is 27.9 Å². The number of anilines is 1. The fourth-order valence-electron chi connectivity index (χ4n) is 7.63. The number of aromatic hydroxyl groups is 1. The molecule has 0 aromatic heterocycles. The maximum Gasteiger partial charge on any atom is 0.269 e. The van der Waals surface area contributed by atoms with Crippen LogP contribution in [-0.2, 0) is 19.2 Å². The minimum absolute atomic E-state index is 0.146. The minimum Gasteiger partial charge on any atom is -0.508 e. The van der Waals surface area contributed by atoms with Gasteiger partial charge in [-0.2, -0.15) is 0 Å². The third-order valence-electron chi connectivity index (χ3n) is 9.57. The Balaban J connectivity index is 1.41. The smallest absolute Gasteiger partial charge is 0.269 e. The first kappa shape index (κ1) is 27.5. The number of nitro benzene ring substituents is 1. The molecule has 4 aliphatic rings. The first-order valence-corrected chi connectivity index (χ1v) is 14.4. The fraction of sp³-hybridized carbons (Fsp3) is 0.290. The lowest BCUT2D eigenvalue weighted by Gasteiger charge is -2.51. The molecule has 10 nitrogen and oxygen atoms in total. The van der Waals surface area contributed by atoms with Gasteiger partial charge in [-0.3, -0.25) is 39.1 Å². The van der Waals surface area contributed by atoms with Gasteiger partial charge in [0.15, 0.2) is 9.75 Å². The Morgan fingerprint density at radius 3 is 2.33 bits per heavy atom. The van der Waals surface area contributed by atoms with Gasteiger partial charge < -0.3 is 5.11 Å². The number of hydrogen-bond donors (Lipinski definition) is 1. The van der Waals surface area contributed by atoms with E-state index in [-0.39, 0.29) is 30.0 Å². The Morgan fingerprint density at radius 1 is 0.930 bits per heavy atom. The largest absolute Gasteiger partial charge is 0.508 e. The van der Waals surface area contributed by atoms with Crippen LogP contribution < -0.4 is 4.90 Å². The summed E-state index contributed by atoms with van der Waals surface area (Å²) in [5.74, 6) is -6.18. The van der Waals surface area contributed by atoms with Gasteiger partial charge in [0, 0.05) is 30.7 Å². The standard InChI is InChI=1S/C31H23Cl2N3O7/c1-34-28(40)30(32)14-21-19(25(31(30,33)29(34)41)24-18-5-3-2-4-15(18)6-13-22(24)37)11-12-20-23(21)27(39)35(26(20)38)16-7-9-17(10-8-16)36(42)43/h2-11,13,20-21,23,25,37H,12,14H2,1H3. The summed E-state index contributed by atoms with van der Waals surface area (Å²) in [7, 11) is 1.30. The van der Waals surface area contributed by atoms with E-state index >= 15 is 0 Å². The second-order valence-corrected chi connectivity index (χ2v) is 12.7. The highest BCUT2D eigenvalue weighted by atomic mass is 35.5. The number of benzene rings is 3. The van der Waals surface area contributed by atoms with Gasteiger partial charge in [0.05, 0.1) is 22.4 Å². The molecule has 0 bridgehead atoms. The SMILES string of the molecule is CN1C(=O)C2(Cl)CC3C(=CCC4C(=O)N(c5ccc([N+](=O)[O-])cc5)C(=O)C43)C(c3c(O)ccc4ccccc34)C2(Cl)C1=O. The molecule has 3 aromatic carbocycles. The summed E-state index contributed by atoms with van der Waals surface area (Å²) in [6.45, 7) is 0. The minimum atomic E-state index is -2.03. The van der Waals surface area contributed by atoms with Gasteiger partial charge in [0.1, 0.15) is 5.75 Å². The quantitative estimate of drug-likeness (QED) is 0.148. The average molecular weight is 620 g/mol. The van der Waals surface area contributed by atoms with Gasteiger partial charge in [-0.05, 0) is 47.7 Å². The van der Waals surface area contributed by atoms with Crippen molar-refractivity contribution in [3.63, 3.8) is 0 Å². The van der Waals surface area contributed by atoms with E-state index in [2.05, 4.69) is 0 Å². The van der Waals surface area contributed by atoms with E-state index in [0.717, 1.165) is 15.2 Å². The van der Waals surface area contributed by atoms with Crippen LogP contribution in [0.25, 0.3) is 10.8 Å². The second kappa shape index (κ2) is 9.11. The van der Waals surface area contributed by atoms with Crippen LogP contribution in [0.2, 0.25) is 0 Å². The summed E-state index contributed by atoms with van der Waals surface area (Å²) >= 11 is 14.5. The summed E-state index contributed by atoms with van der Waals surface area (Å²) in [4.78, 5) is 63.8. The lowest BCUT2D eigenvalue weighted by atomic mass is 9.56. The number of fused-ring (bicyclic) bond motifs is 5. The second-order valence-electron chi connectivity index (χ2n) is 11.5. The zero-order valence-corrected chi connectivity index (χ0v) is 24.1. The van der Waals surface area contributed by atoms with Crippen molar-refractivity contribution in [3.05, 3.63) is 88.0 Å². The number of phenolic OH excluding ortho intramolecular Hbond substituents is 1. The number of amides is 4. The monoisotopic (exact) mass is 619 g/mol. The van der Waals surface area contributed by atoms with E-state index in [1.807, 2.05) is 12.1 Å². The van der Waals surface area contributed by atoms with Crippen molar-refractivity contribution in [1.29, 1.82) is 0 Å². The molecule has 218 valence electrons. The Kier molecular flexibility index (Phi) is 5.84. The topological polar surface area (TPSA) is 138 Å². The molecule has 4 amide bonds. The van der Waals surface area contributed by atoms with Gasteiger partial charge >= 0.3 is 0 Å². The molecule has 1 saturated carbocycles. The third kappa shape index (κ3) is 3.41. The molecule has 2 saturated heterocycles. The number of rotatable bonds is 3. The van der Waals surface area contributed by atoms with Crippen molar-refractivity contribution in [2.45, 2.75) is 28.5 Å². The Labute approximate surface area is 254 Å². The zero-order chi connectivity index (χ0) is 30.6. The lowest BCUT2D eigenvalue weighted by molar-refractivity contribution is -0.384. The van der Waals surface area contributed by atoms with Crippen molar-refractivity contribution >= 4 is 69.0 Å². The molecule has 7 rings (SSSR count). The van der Waals surface area contributed by atoms with Crippen LogP contribution in [0.15, 0.2) is 72.3 Å². The van der Waals surface area contributed by atoms with Gasteiger partial charge in [0.25, 0.3) is 17.5 Å². The number of carbonyl (C=O) groups is 4. The normalized spacial score (nSPS) is 31.7. The Hall–Kier alpha value is -4.28. The number of nitrogens with zero attached hydrogens (tertiary/aromatic N) is 3. The van der Waals surface area contributed by atoms with Crippen LogP contribution in [-0.4, -0.2) is 55.4 Å². The molecule has 2 heterocycles. The molecular weight excluding hydrogens is 597 g/mol. The highest BCUT2D eigenvalue weighted by Gasteiger charge is 2.76. The number of imide groups is 2. The maximum atomic E-state index is 14.1. The van der Waals surface area contributed by atoms with Crippen LogP contribution in [0.1, 0.15) is 24.3 Å². The van der Waals surface area contributed by atoms with Crippen molar-refractivity contribution in [2.24, 2.45) is 17.8 Å². The summed E-state index contributed by atoms with van der Waals surface area (Å²) < 4.78 is 0. The molecule has 0 radical (unpaired) electrons. The Morgan fingerprint density at radius 2 is 1.63 bits per heavy atom. The Bertz CT molecular complexity index is 1840. The number of halogens is 2. The van der Waals surface area contributed by atoms with Crippen LogP contribution in [0.5, 0.6) is 5.75 Å². The van der Waals surface area contributed by atoms with E-state index in [9.17, 15) is 34.4 Å². The van der Waals surface area contributed by atoms with E-state index in [1.54, 1.807) is 24.3 Å². The highest BCUT2D eigenvalue weighted by Crippen LogP contribution is 2.66. The molecule has 2 aliphatic heterocycles. The van der Waals surface area contributed by atoms with Gasteiger partial charge in [-0.25, -0.2) is 0 Å². The number of nitro groups is 1. The van der Waals surface area contributed by atoms with E-state index in [1.165, 1.54) is 37.4 Å². The summed E-state index contributed by atoms with van der Waals surface area (Å²) in [5, 5.41) is 23.8. The van der Waals surface area contributed by atoms with Crippen LogP contribution in [0.3, 0.4) is 0 Å². The summed E-state index contributed by atoms with van der Waals surface area (Å²) in [6, 6.07) is 15.6. The van der Waals surface area contributed by atoms with Gasteiger partial charge in [-0.1, -0.05) is 42.0 Å². The molecule has 3 fully saturated rings. The molecule has 1 N–H and O–H groups in total. The van der Waals surface area contributed by atoms with Crippen LogP contribution >= 0.6 is 23.2 Å². The number of phenols is 1. The first-order chi connectivity index (χ1) is 20.4. The van der Waals surface area contributed by atoms with Crippen molar-refractivity contribution in [3.8, 4) is 5.75 Å². The summed E-state index contributed by atoms with van der Waals surface area (Å²) in [6.07, 6.45) is 1.75. The number of non-ortho nitro benzene ring substituents is 1. The molecule has 2 aliphatic carbocycles. The van der Waals surface area contributed by atoms with E-state index in [4.69, 9.17) is 23.2 Å². The number of hydrogen-bond acceptors (Lipinski definition) is 7. The van der Waals surface area contributed by atoms with Gasteiger partial charge in [-0.15, -0.1) is 23.2 Å². The van der Waals surface area contributed by atoms with E-state index in [0.29, 0.717) is 16.5 Å². The summed E-state index contributed by atoms with van der Waals surface area (Å²) in [5.41, 5.74) is 0.871. The maximum absolute atomic E-state index is 14.1. The number of carbonyl (C=O) groups excluding carboxylic acids is 4. The zero-order valence-electron chi connectivity index (χ0n) is 22.6. The average Bonchev–Trinajstić information content (AvgIpc) is 3.32. The predicted molar refractivity (Wildman–Crippen MR) is 157 cm³/mol. The lowest BCUT2D eigenvalue weighted by Crippen LogP contribution is -2.60. The molecular formula is C31H23Cl2N3O7. The van der Waals surface area contributed by atoms with Gasteiger partial charge in [0.2, 0.25) is 11.8 Å². The van der Waals surface area contributed by atoms with Crippen LogP contribution in [0.4, 0.5) is 11.4 Å². The number of alkyl halides is 2. The third-order valence-corrected chi connectivity index (χ3v) is 11.0. The van der Waals surface area contributed by atoms with Crippen molar-refractivity contribution < 1.29 is 29.2 Å². The number of likely N-dealkylation sites (tertiary alicyclic amines) is 1. The van der Waals surface area contributed by atoms with Crippen molar-refractivity contribution in [1.82, 2.24) is 4.90 Å². The molecule has 0 spiro atoms. The highest BCUT2D eigenvalue weighted by molar-refractivity contribution is 6.53. The molecule has 43 heavy (non-hydrogen) atoms. The number of allylic oxidation sites excluding steroid dienone is 2. The molecule has 6 atom stereocenters. The fourth-order valence-corrected chi connectivity index (χ4v) is 8.63. The predicted octanol–water partition coefficient (Wildman–Crippen LogP) is 4.65. The van der Waals surface area contributed by atoms with E-state index < -0.39 is 62.0 Å².